The van der Waals surface area contributed by atoms with Crippen LogP contribution < -0.4 is 30.5 Å². The van der Waals surface area contributed by atoms with Crippen LogP contribution in [0, 0.1) is 0 Å². The van der Waals surface area contributed by atoms with E-state index in [1.54, 1.807) is 19.2 Å². The molecule has 0 bridgehead atoms. The molecule has 1 aromatic heterocycles. The van der Waals surface area contributed by atoms with Gasteiger partial charge in [0.1, 0.15) is 35.2 Å². The van der Waals surface area contributed by atoms with Gasteiger partial charge in [-0.05, 0) is 48.7 Å². The Morgan fingerprint density at radius 3 is 2.28 bits per heavy atom. The summed E-state index contributed by atoms with van der Waals surface area (Å²) in [5.41, 5.74) is 0.892. The lowest BCUT2D eigenvalue weighted by molar-refractivity contribution is -0.141. The SMILES string of the molecule is CCCN(CCC)c1c(N[C@@H](Cc2ccc(Oc3ncnc4ccc(OC)cc34)cc2)C(=O)OC)c(=O)c1=O. The number of nitrogens with zero attached hydrogens (tertiary/aromatic N) is 3. The molecule has 0 saturated carbocycles. The van der Waals surface area contributed by atoms with Crippen molar-refractivity contribution in [2.24, 2.45) is 0 Å². The van der Waals surface area contributed by atoms with Crippen molar-refractivity contribution in [3.63, 3.8) is 0 Å². The van der Waals surface area contributed by atoms with Gasteiger partial charge in [-0.25, -0.2) is 14.8 Å². The zero-order valence-corrected chi connectivity index (χ0v) is 22.5. The maximum absolute atomic E-state index is 12.6. The standard InChI is InChI=1S/C29H32N4O6/c1-5-13-33(14-6-2)25-24(26(34)27(25)35)32-23(29(36)38-4)15-18-7-9-19(10-8-18)39-28-21-16-20(37-3)11-12-22(21)30-17-31-28/h7-12,16-17,23,32H,5-6,13-15H2,1-4H3/t23-/m0/s1. The number of ether oxygens (including phenoxy) is 3. The van der Waals surface area contributed by atoms with Gasteiger partial charge in [-0.3, -0.25) is 9.59 Å². The highest BCUT2D eigenvalue weighted by molar-refractivity contribution is 5.85. The lowest BCUT2D eigenvalue weighted by atomic mass is 10.0. The van der Waals surface area contributed by atoms with Gasteiger partial charge >= 0.3 is 5.97 Å². The molecule has 10 heteroatoms. The normalized spacial score (nSPS) is 11.8. The van der Waals surface area contributed by atoms with E-state index in [0.29, 0.717) is 41.5 Å². The monoisotopic (exact) mass is 532 g/mol. The number of esters is 1. The third kappa shape index (κ3) is 6.00. The summed E-state index contributed by atoms with van der Waals surface area (Å²) in [6, 6.07) is 11.8. The lowest BCUT2D eigenvalue weighted by Gasteiger charge is -2.28. The molecule has 1 atom stereocenters. The number of carbonyl (C=O) groups excluding carboxylic acids is 1. The Hall–Kier alpha value is -4.47. The van der Waals surface area contributed by atoms with Gasteiger partial charge < -0.3 is 24.4 Å². The second-order valence-electron chi connectivity index (χ2n) is 9.10. The van der Waals surface area contributed by atoms with Gasteiger partial charge in [-0.1, -0.05) is 26.0 Å². The van der Waals surface area contributed by atoms with Crippen LogP contribution in [0.25, 0.3) is 10.9 Å². The Kier molecular flexibility index (Phi) is 8.75. The minimum absolute atomic E-state index is 0.170. The summed E-state index contributed by atoms with van der Waals surface area (Å²) in [5.74, 6) is 1.06. The third-order valence-corrected chi connectivity index (χ3v) is 6.38. The van der Waals surface area contributed by atoms with E-state index in [1.165, 1.54) is 13.4 Å². The number of hydrogen-bond donors (Lipinski definition) is 1. The highest BCUT2D eigenvalue weighted by Crippen LogP contribution is 2.30. The molecule has 0 aliphatic rings. The number of aromatic nitrogens is 2. The number of carbonyl (C=O) groups is 1. The number of rotatable bonds is 13. The van der Waals surface area contributed by atoms with Crippen LogP contribution in [0.15, 0.2) is 58.4 Å². The Morgan fingerprint density at radius 1 is 0.949 bits per heavy atom. The Morgan fingerprint density at radius 2 is 1.64 bits per heavy atom. The van der Waals surface area contributed by atoms with Crippen LogP contribution >= 0.6 is 0 Å². The molecule has 0 aliphatic carbocycles. The second-order valence-corrected chi connectivity index (χ2v) is 9.10. The first-order chi connectivity index (χ1) is 18.9. The first-order valence-electron chi connectivity index (χ1n) is 12.9. The molecule has 204 valence electrons. The Balaban J connectivity index is 1.52. The molecule has 0 fully saturated rings. The molecule has 0 amide bonds. The van der Waals surface area contributed by atoms with Gasteiger partial charge in [-0.2, -0.15) is 0 Å². The van der Waals surface area contributed by atoms with Crippen LogP contribution in [0.1, 0.15) is 32.3 Å². The average Bonchev–Trinajstić information content (AvgIpc) is 2.96. The molecule has 0 saturated heterocycles. The molecule has 1 heterocycles. The highest BCUT2D eigenvalue weighted by atomic mass is 16.5. The molecule has 39 heavy (non-hydrogen) atoms. The van der Waals surface area contributed by atoms with Gasteiger partial charge in [0.15, 0.2) is 0 Å². The summed E-state index contributed by atoms with van der Waals surface area (Å²) in [7, 11) is 2.88. The van der Waals surface area contributed by atoms with E-state index in [-0.39, 0.29) is 12.1 Å². The topological polar surface area (TPSA) is 120 Å². The summed E-state index contributed by atoms with van der Waals surface area (Å²) in [5, 5.41) is 3.71. The molecule has 4 rings (SSSR count). The molecule has 0 unspecified atom stereocenters. The van der Waals surface area contributed by atoms with Gasteiger partial charge in [-0.15, -0.1) is 0 Å². The first-order valence-corrected chi connectivity index (χ1v) is 12.9. The average molecular weight is 533 g/mol. The van der Waals surface area contributed by atoms with Gasteiger partial charge in [0.2, 0.25) is 5.88 Å². The summed E-state index contributed by atoms with van der Waals surface area (Å²) < 4.78 is 16.3. The van der Waals surface area contributed by atoms with E-state index in [4.69, 9.17) is 14.2 Å². The van der Waals surface area contributed by atoms with E-state index < -0.39 is 22.9 Å². The second kappa shape index (κ2) is 12.4. The van der Waals surface area contributed by atoms with Gasteiger partial charge in [0.05, 0.1) is 25.1 Å². The van der Waals surface area contributed by atoms with E-state index in [0.717, 1.165) is 23.9 Å². The molecular formula is C29H32N4O6. The van der Waals surface area contributed by atoms with Crippen LogP contribution in [0.5, 0.6) is 17.4 Å². The summed E-state index contributed by atoms with van der Waals surface area (Å²) in [6.45, 7) is 5.31. The number of hydrogen-bond acceptors (Lipinski definition) is 10. The predicted molar refractivity (Wildman–Crippen MR) is 150 cm³/mol. The number of fused-ring (bicyclic) bond motifs is 1. The Bertz CT molecular complexity index is 1510. The summed E-state index contributed by atoms with van der Waals surface area (Å²) >= 11 is 0. The molecule has 4 aromatic rings. The van der Waals surface area contributed by atoms with Crippen molar-refractivity contribution in [3.05, 3.63) is 74.8 Å². The van der Waals surface area contributed by atoms with Crippen molar-refractivity contribution in [1.29, 1.82) is 0 Å². The minimum Gasteiger partial charge on any atom is -0.497 e. The maximum atomic E-state index is 12.6. The van der Waals surface area contributed by atoms with Crippen molar-refractivity contribution in [3.8, 4) is 17.4 Å². The number of methoxy groups -OCH3 is 2. The molecule has 0 spiro atoms. The van der Waals surface area contributed by atoms with Crippen LogP contribution in [0.2, 0.25) is 0 Å². The summed E-state index contributed by atoms with van der Waals surface area (Å²) in [6.07, 6.45) is 3.32. The van der Waals surface area contributed by atoms with E-state index in [1.807, 2.05) is 49.1 Å². The fraction of sp³-hybridized carbons (Fsp3) is 0.345. The number of nitrogens with one attached hydrogen (secondary N) is 1. The molecule has 0 aliphatic heterocycles. The minimum atomic E-state index is -0.854. The van der Waals surface area contributed by atoms with E-state index in [9.17, 15) is 14.4 Å². The zero-order valence-electron chi connectivity index (χ0n) is 22.5. The van der Waals surface area contributed by atoms with Gasteiger partial charge in [0.25, 0.3) is 10.9 Å². The summed E-state index contributed by atoms with van der Waals surface area (Å²) in [4.78, 5) is 47.9. The predicted octanol–water partition coefficient (Wildman–Crippen LogP) is 3.85. The largest absolute Gasteiger partial charge is 0.497 e. The smallest absolute Gasteiger partial charge is 0.328 e. The first kappa shape index (κ1) is 27.6. The molecule has 10 nitrogen and oxygen atoms in total. The van der Waals surface area contributed by atoms with Crippen LogP contribution in [-0.4, -0.2) is 49.3 Å². The lowest BCUT2D eigenvalue weighted by Crippen LogP contribution is -2.46. The van der Waals surface area contributed by atoms with Crippen LogP contribution in [-0.2, 0) is 16.0 Å². The van der Waals surface area contributed by atoms with Crippen LogP contribution in [0.3, 0.4) is 0 Å². The highest BCUT2D eigenvalue weighted by Gasteiger charge is 2.30. The molecular weight excluding hydrogens is 500 g/mol. The zero-order chi connectivity index (χ0) is 27.9. The number of benzene rings is 2. The van der Waals surface area contributed by atoms with Crippen molar-refractivity contribution < 1.29 is 19.0 Å². The van der Waals surface area contributed by atoms with E-state index >= 15 is 0 Å². The third-order valence-electron chi connectivity index (χ3n) is 6.38. The van der Waals surface area contributed by atoms with Crippen molar-refractivity contribution >= 4 is 28.2 Å². The van der Waals surface area contributed by atoms with E-state index in [2.05, 4.69) is 15.3 Å². The van der Waals surface area contributed by atoms with Crippen molar-refractivity contribution in [1.82, 2.24) is 9.97 Å². The molecule has 1 N–H and O–H groups in total. The fourth-order valence-corrected chi connectivity index (χ4v) is 4.46. The molecule has 3 aromatic carbocycles. The van der Waals surface area contributed by atoms with Gasteiger partial charge in [0, 0.05) is 19.5 Å². The maximum Gasteiger partial charge on any atom is 0.328 e. The Labute approximate surface area is 226 Å². The van der Waals surface area contributed by atoms with Crippen molar-refractivity contribution in [2.45, 2.75) is 39.2 Å². The quantitative estimate of drug-likeness (QED) is 0.201. The van der Waals surface area contributed by atoms with Crippen LogP contribution in [0.4, 0.5) is 11.4 Å². The fourth-order valence-electron chi connectivity index (χ4n) is 4.46. The molecule has 0 radical (unpaired) electrons. The van der Waals surface area contributed by atoms with Crippen molar-refractivity contribution in [2.75, 3.05) is 37.5 Å². The number of anilines is 2.